The number of aliphatic hydroxyl groups excluding tert-OH is 1. The number of aliphatic hydroxyl groups is 1. The maximum Gasteiger partial charge on any atom is 0.303 e. The second-order valence-electron chi connectivity index (χ2n) is 5.30. The Kier molecular flexibility index (Phi) is 2.90. The zero-order valence-corrected chi connectivity index (χ0v) is 10.5. The lowest BCUT2D eigenvalue weighted by molar-refractivity contribution is -0.137. The third kappa shape index (κ3) is 2.16. The number of fused-ring (bicyclic) bond motifs is 2. The minimum absolute atomic E-state index is 0.00644. The summed E-state index contributed by atoms with van der Waals surface area (Å²) in [6, 6.07) is 8.04. The second kappa shape index (κ2) is 4.57. The van der Waals surface area contributed by atoms with Crippen LogP contribution in [0.3, 0.4) is 0 Å². The van der Waals surface area contributed by atoms with Gasteiger partial charge in [0.15, 0.2) is 0 Å². The Hall–Kier alpha value is -2.03. The highest BCUT2D eigenvalue weighted by molar-refractivity contribution is 5.68. The van der Waals surface area contributed by atoms with Crippen molar-refractivity contribution in [3.05, 3.63) is 59.4 Å². The van der Waals surface area contributed by atoms with Crippen LogP contribution < -0.4 is 0 Å². The molecule has 0 fully saturated rings. The van der Waals surface area contributed by atoms with Crippen LogP contribution in [0.4, 0.5) is 0 Å². The van der Waals surface area contributed by atoms with Crippen molar-refractivity contribution >= 4 is 5.97 Å². The molecule has 3 nitrogen and oxygen atoms in total. The van der Waals surface area contributed by atoms with Gasteiger partial charge in [0.25, 0.3) is 0 Å². The molecule has 3 heteroatoms. The molecule has 3 unspecified atom stereocenters. The van der Waals surface area contributed by atoms with Gasteiger partial charge < -0.3 is 10.2 Å². The third-order valence-electron chi connectivity index (χ3n) is 4.14. The average molecular weight is 256 g/mol. The van der Waals surface area contributed by atoms with Crippen LogP contribution in [0.15, 0.2) is 48.3 Å². The fourth-order valence-corrected chi connectivity index (χ4v) is 3.34. The summed E-state index contributed by atoms with van der Waals surface area (Å²) in [7, 11) is 0. The van der Waals surface area contributed by atoms with Gasteiger partial charge in [-0.1, -0.05) is 30.3 Å². The van der Waals surface area contributed by atoms with E-state index < -0.39 is 5.97 Å². The zero-order valence-electron chi connectivity index (χ0n) is 10.5. The molecule has 2 aliphatic carbocycles. The van der Waals surface area contributed by atoms with Crippen LogP contribution in [0.1, 0.15) is 23.5 Å². The Bertz CT molecular complexity index is 571. The van der Waals surface area contributed by atoms with Crippen molar-refractivity contribution in [1.82, 2.24) is 0 Å². The molecule has 2 aliphatic rings. The monoisotopic (exact) mass is 256 g/mol. The Morgan fingerprint density at radius 2 is 2.11 bits per heavy atom. The highest BCUT2D eigenvalue weighted by Crippen LogP contribution is 2.44. The first-order valence-electron chi connectivity index (χ1n) is 6.53. The summed E-state index contributed by atoms with van der Waals surface area (Å²) < 4.78 is 0. The first-order valence-corrected chi connectivity index (χ1v) is 6.53. The van der Waals surface area contributed by atoms with Crippen molar-refractivity contribution in [1.29, 1.82) is 0 Å². The fraction of sp³-hybridized carbons (Fsp3) is 0.312. The summed E-state index contributed by atoms with van der Waals surface area (Å²) in [6.07, 6.45) is 6.51. The molecule has 0 spiro atoms. The van der Waals surface area contributed by atoms with Crippen LogP contribution in [0.2, 0.25) is 0 Å². The Morgan fingerprint density at radius 3 is 2.89 bits per heavy atom. The number of allylic oxidation sites excluding steroid dienone is 3. The van der Waals surface area contributed by atoms with Crippen molar-refractivity contribution < 1.29 is 15.0 Å². The molecule has 1 aromatic rings. The molecule has 0 saturated carbocycles. The molecule has 2 N–H and O–H groups in total. The number of carboxylic acid groups (broad SMARTS) is 1. The molecule has 3 rings (SSSR count). The second-order valence-corrected chi connectivity index (χ2v) is 5.30. The van der Waals surface area contributed by atoms with Gasteiger partial charge in [-0.05, 0) is 41.5 Å². The van der Waals surface area contributed by atoms with Gasteiger partial charge in [-0.15, -0.1) is 0 Å². The smallest absolute Gasteiger partial charge is 0.303 e. The molecule has 0 saturated heterocycles. The van der Waals surface area contributed by atoms with Crippen molar-refractivity contribution in [3.63, 3.8) is 0 Å². The molecule has 0 aliphatic heterocycles. The van der Waals surface area contributed by atoms with Crippen molar-refractivity contribution in [2.75, 3.05) is 0 Å². The van der Waals surface area contributed by atoms with Gasteiger partial charge in [0.05, 0.1) is 6.42 Å². The fourth-order valence-electron chi connectivity index (χ4n) is 3.34. The van der Waals surface area contributed by atoms with Gasteiger partial charge in [-0.2, -0.15) is 0 Å². The van der Waals surface area contributed by atoms with Crippen LogP contribution in [0, 0.1) is 11.8 Å². The number of hydrogen-bond acceptors (Lipinski definition) is 2. The molecule has 0 bridgehead atoms. The number of benzene rings is 1. The predicted octanol–water partition coefficient (Wildman–Crippen LogP) is 3.05. The van der Waals surface area contributed by atoms with Crippen LogP contribution in [-0.4, -0.2) is 16.2 Å². The van der Waals surface area contributed by atoms with Gasteiger partial charge in [-0.25, -0.2) is 0 Å². The van der Waals surface area contributed by atoms with E-state index >= 15 is 0 Å². The standard InChI is InChI=1S/C16H16O3/c17-12-5-6-14-11(8-12)7-10-3-1-2-4-13(10)15(14)9-16(18)19/h1-6,8,11,14-15,17H,7,9H2,(H,18,19). The molecular formula is C16H16O3. The number of carboxylic acids is 1. The first-order chi connectivity index (χ1) is 9.15. The van der Waals surface area contributed by atoms with E-state index in [0.29, 0.717) is 0 Å². The minimum Gasteiger partial charge on any atom is -0.508 e. The van der Waals surface area contributed by atoms with Gasteiger partial charge in [0.2, 0.25) is 0 Å². The summed E-state index contributed by atoms with van der Waals surface area (Å²) in [5.74, 6) is -0.124. The maximum atomic E-state index is 11.1. The third-order valence-corrected chi connectivity index (χ3v) is 4.14. The molecule has 0 radical (unpaired) electrons. The number of rotatable bonds is 2. The lowest BCUT2D eigenvalue weighted by Crippen LogP contribution is -2.30. The molecule has 0 heterocycles. The lowest BCUT2D eigenvalue weighted by Gasteiger charge is -2.37. The largest absolute Gasteiger partial charge is 0.508 e. The van der Waals surface area contributed by atoms with E-state index in [4.69, 9.17) is 5.11 Å². The van der Waals surface area contributed by atoms with Gasteiger partial charge in [-0.3, -0.25) is 4.79 Å². The van der Waals surface area contributed by atoms with Crippen LogP contribution in [0.25, 0.3) is 0 Å². The van der Waals surface area contributed by atoms with E-state index in [9.17, 15) is 9.90 Å². The van der Waals surface area contributed by atoms with Crippen molar-refractivity contribution in [2.24, 2.45) is 11.8 Å². The molecule has 1 aromatic carbocycles. The van der Waals surface area contributed by atoms with Gasteiger partial charge >= 0.3 is 5.97 Å². The Labute approximate surface area is 111 Å². The Balaban J connectivity index is 2.04. The van der Waals surface area contributed by atoms with E-state index in [1.165, 1.54) is 5.56 Å². The van der Waals surface area contributed by atoms with E-state index in [1.807, 2.05) is 30.4 Å². The number of carbonyl (C=O) groups is 1. The highest BCUT2D eigenvalue weighted by atomic mass is 16.4. The van der Waals surface area contributed by atoms with Crippen LogP contribution in [0.5, 0.6) is 0 Å². The number of aliphatic carboxylic acids is 1. The molecule has 0 aromatic heterocycles. The Morgan fingerprint density at radius 1 is 1.32 bits per heavy atom. The highest BCUT2D eigenvalue weighted by Gasteiger charge is 2.36. The quantitative estimate of drug-likeness (QED) is 0.855. The molecule has 3 atom stereocenters. The van der Waals surface area contributed by atoms with Crippen molar-refractivity contribution in [3.8, 4) is 0 Å². The van der Waals surface area contributed by atoms with Crippen LogP contribution >= 0.6 is 0 Å². The topological polar surface area (TPSA) is 57.5 Å². The molecule has 0 amide bonds. The van der Waals surface area contributed by atoms with Crippen LogP contribution in [-0.2, 0) is 11.2 Å². The molecular weight excluding hydrogens is 240 g/mol. The van der Waals surface area contributed by atoms with E-state index in [2.05, 4.69) is 6.07 Å². The van der Waals surface area contributed by atoms with E-state index in [-0.39, 0.29) is 29.9 Å². The molecule has 98 valence electrons. The molecule has 19 heavy (non-hydrogen) atoms. The predicted molar refractivity (Wildman–Crippen MR) is 72.0 cm³/mol. The lowest BCUT2D eigenvalue weighted by atomic mass is 9.66. The van der Waals surface area contributed by atoms with E-state index in [1.54, 1.807) is 6.08 Å². The SMILES string of the molecule is O=C(O)CC1c2ccccc2CC2C=C(O)C=CC21. The maximum absolute atomic E-state index is 11.1. The summed E-state index contributed by atoms with van der Waals surface area (Å²) >= 11 is 0. The summed E-state index contributed by atoms with van der Waals surface area (Å²) in [4.78, 5) is 11.1. The average Bonchev–Trinajstić information content (AvgIpc) is 2.37. The summed E-state index contributed by atoms with van der Waals surface area (Å²) in [5.41, 5.74) is 2.35. The summed E-state index contributed by atoms with van der Waals surface area (Å²) in [5, 5.41) is 18.8. The van der Waals surface area contributed by atoms with Crippen molar-refractivity contribution in [2.45, 2.75) is 18.8 Å². The minimum atomic E-state index is -0.771. The normalized spacial score (nSPS) is 28.2. The van der Waals surface area contributed by atoms with Gasteiger partial charge in [0, 0.05) is 5.92 Å². The van der Waals surface area contributed by atoms with E-state index in [0.717, 1.165) is 12.0 Å². The zero-order chi connectivity index (χ0) is 13.4. The van der Waals surface area contributed by atoms with Gasteiger partial charge in [0.1, 0.15) is 5.76 Å². The first kappa shape index (κ1) is 12.0. The summed E-state index contributed by atoms with van der Waals surface area (Å²) in [6.45, 7) is 0. The number of hydrogen-bond donors (Lipinski definition) is 2.